The van der Waals surface area contributed by atoms with Gasteiger partial charge < -0.3 is 21.1 Å². The molecule has 0 aliphatic carbocycles. The molecule has 0 fully saturated rings. The predicted molar refractivity (Wildman–Crippen MR) is 65.9 cm³/mol. The summed E-state index contributed by atoms with van der Waals surface area (Å²) in [5.74, 6) is -3.12. The summed E-state index contributed by atoms with van der Waals surface area (Å²) in [4.78, 5) is 45.3. The van der Waals surface area contributed by atoms with E-state index in [1.54, 1.807) is 20.8 Å². The predicted octanol–water partition coefficient (Wildman–Crippen LogP) is -1.45. The Hall–Kier alpha value is -2.12. The highest BCUT2D eigenvalue weighted by molar-refractivity contribution is 5.90. The number of hydrogen-bond donors (Lipinski definition) is 3. The number of carboxylic acid groups (broad SMARTS) is 1. The maximum Gasteiger partial charge on any atom is 0.323 e. The second kappa shape index (κ2) is 6.72. The van der Waals surface area contributed by atoms with Gasteiger partial charge in [0.2, 0.25) is 17.7 Å². The molecular formula is C11H19N3O5. The highest BCUT2D eigenvalue weighted by Crippen LogP contribution is 2.11. The highest BCUT2D eigenvalue weighted by atomic mass is 16.4. The van der Waals surface area contributed by atoms with E-state index in [4.69, 9.17) is 10.8 Å². The van der Waals surface area contributed by atoms with Gasteiger partial charge in [-0.3, -0.25) is 19.2 Å². The number of carbonyl (C=O) groups excluding carboxylic acids is 3. The third-order valence-electron chi connectivity index (χ3n) is 2.11. The molecule has 0 aromatic heterocycles. The fourth-order valence-electron chi connectivity index (χ4n) is 1.12. The molecule has 0 bridgehead atoms. The van der Waals surface area contributed by atoms with Gasteiger partial charge >= 0.3 is 5.97 Å². The van der Waals surface area contributed by atoms with E-state index in [0.29, 0.717) is 0 Å². The third kappa shape index (κ3) is 7.02. The first-order valence-electron chi connectivity index (χ1n) is 5.60. The van der Waals surface area contributed by atoms with Gasteiger partial charge in [0, 0.05) is 5.41 Å². The first-order chi connectivity index (χ1) is 8.54. The number of amides is 3. The molecule has 0 rings (SSSR count). The van der Waals surface area contributed by atoms with E-state index < -0.39 is 36.3 Å². The van der Waals surface area contributed by atoms with Crippen molar-refractivity contribution in [1.82, 2.24) is 10.2 Å². The summed E-state index contributed by atoms with van der Waals surface area (Å²) in [6, 6.07) is 0. The van der Waals surface area contributed by atoms with Crippen LogP contribution in [0.25, 0.3) is 0 Å². The number of carboxylic acids is 1. The molecular weight excluding hydrogens is 254 g/mol. The average Bonchev–Trinajstić information content (AvgIpc) is 2.21. The summed E-state index contributed by atoms with van der Waals surface area (Å²) in [6.07, 6.45) is 0. The van der Waals surface area contributed by atoms with E-state index in [-0.39, 0.29) is 12.5 Å². The van der Waals surface area contributed by atoms with Gasteiger partial charge in [-0.25, -0.2) is 0 Å². The smallest absolute Gasteiger partial charge is 0.323 e. The van der Waals surface area contributed by atoms with Gasteiger partial charge in [-0.05, 0) is 0 Å². The fourth-order valence-corrected chi connectivity index (χ4v) is 1.12. The number of nitrogens with zero attached hydrogens (tertiary/aromatic N) is 1. The minimum absolute atomic E-state index is 0.352. The van der Waals surface area contributed by atoms with E-state index in [1.807, 2.05) is 0 Å². The van der Waals surface area contributed by atoms with Gasteiger partial charge in [0.15, 0.2) is 0 Å². The molecule has 0 saturated carbocycles. The summed E-state index contributed by atoms with van der Waals surface area (Å²) < 4.78 is 0. The summed E-state index contributed by atoms with van der Waals surface area (Å²) in [7, 11) is 0. The monoisotopic (exact) mass is 273 g/mol. The van der Waals surface area contributed by atoms with Crippen molar-refractivity contribution >= 4 is 23.7 Å². The molecule has 0 heterocycles. The lowest BCUT2D eigenvalue weighted by molar-refractivity contribution is -0.145. The van der Waals surface area contributed by atoms with Gasteiger partial charge in [-0.15, -0.1) is 0 Å². The Kier molecular flexibility index (Phi) is 5.97. The Labute approximate surface area is 110 Å². The van der Waals surface area contributed by atoms with E-state index in [9.17, 15) is 19.2 Å². The van der Waals surface area contributed by atoms with Crippen molar-refractivity contribution in [3.8, 4) is 0 Å². The number of hydrogen-bond acceptors (Lipinski definition) is 4. The second-order valence-corrected chi connectivity index (χ2v) is 5.04. The molecule has 8 nitrogen and oxygen atoms in total. The van der Waals surface area contributed by atoms with Crippen LogP contribution in [0.2, 0.25) is 0 Å². The summed E-state index contributed by atoms with van der Waals surface area (Å²) in [5.41, 5.74) is 4.25. The number of primary amides is 1. The average molecular weight is 273 g/mol. The quantitative estimate of drug-likeness (QED) is 0.545. The topological polar surface area (TPSA) is 130 Å². The zero-order chi connectivity index (χ0) is 15.2. The first kappa shape index (κ1) is 16.9. The van der Waals surface area contributed by atoms with Crippen molar-refractivity contribution in [3.63, 3.8) is 0 Å². The zero-order valence-corrected chi connectivity index (χ0v) is 11.2. The van der Waals surface area contributed by atoms with Gasteiger partial charge in [0.25, 0.3) is 0 Å². The molecule has 0 unspecified atom stereocenters. The van der Waals surface area contributed by atoms with E-state index in [1.165, 1.54) is 0 Å². The van der Waals surface area contributed by atoms with Gasteiger partial charge in [0.1, 0.15) is 6.54 Å². The summed E-state index contributed by atoms with van der Waals surface area (Å²) in [5, 5.41) is 11.0. The number of aliphatic carboxylic acids is 1. The molecule has 0 saturated heterocycles. The highest BCUT2D eigenvalue weighted by Gasteiger charge is 2.24. The molecule has 8 heteroatoms. The molecule has 0 aliphatic heterocycles. The number of carbonyl (C=O) groups is 4. The lowest BCUT2D eigenvalue weighted by Gasteiger charge is -2.21. The molecule has 0 aromatic carbocycles. The van der Waals surface area contributed by atoms with Crippen molar-refractivity contribution in [1.29, 1.82) is 0 Å². The largest absolute Gasteiger partial charge is 0.480 e. The first-order valence-corrected chi connectivity index (χ1v) is 5.60. The van der Waals surface area contributed by atoms with E-state index >= 15 is 0 Å². The van der Waals surface area contributed by atoms with Gasteiger partial charge in [-0.1, -0.05) is 20.8 Å². The molecule has 3 amide bonds. The number of nitrogens with two attached hydrogens (primary N) is 1. The van der Waals surface area contributed by atoms with Crippen LogP contribution in [-0.2, 0) is 19.2 Å². The standard InChI is InChI=1S/C11H19N3O5/c1-11(2,3)10(19)13-4-8(16)14(5-7(12)15)6-9(17)18/h4-6H2,1-3H3,(H2,12,15)(H,13,19)(H,17,18). The van der Waals surface area contributed by atoms with Crippen molar-refractivity contribution in [2.75, 3.05) is 19.6 Å². The lowest BCUT2D eigenvalue weighted by atomic mass is 9.96. The van der Waals surface area contributed by atoms with Crippen molar-refractivity contribution in [3.05, 3.63) is 0 Å². The van der Waals surface area contributed by atoms with Crippen LogP contribution in [0.3, 0.4) is 0 Å². The Balaban J connectivity index is 4.52. The van der Waals surface area contributed by atoms with Crippen molar-refractivity contribution < 1.29 is 24.3 Å². The third-order valence-corrected chi connectivity index (χ3v) is 2.11. The zero-order valence-electron chi connectivity index (χ0n) is 11.2. The molecule has 0 spiro atoms. The van der Waals surface area contributed by atoms with Crippen LogP contribution < -0.4 is 11.1 Å². The second-order valence-electron chi connectivity index (χ2n) is 5.04. The summed E-state index contributed by atoms with van der Waals surface area (Å²) in [6.45, 7) is 3.49. The molecule has 19 heavy (non-hydrogen) atoms. The maximum absolute atomic E-state index is 11.7. The minimum atomic E-state index is -1.27. The van der Waals surface area contributed by atoms with Crippen LogP contribution in [-0.4, -0.2) is 53.3 Å². The Morgan fingerprint density at radius 1 is 1.16 bits per heavy atom. The van der Waals surface area contributed by atoms with E-state index in [2.05, 4.69) is 5.32 Å². The number of rotatable bonds is 6. The van der Waals surface area contributed by atoms with Crippen LogP contribution in [0, 0.1) is 5.41 Å². The van der Waals surface area contributed by atoms with Crippen LogP contribution in [0.1, 0.15) is 20.8 Å². The Bertz CT molecular complexity index is 370. The molecule has 0 radical (unpaired) electrons. The van der Waals surface area contributed by atoms with Crippen molar-refractivity contribution in [2.24, 2.45) is 11.1 Å². The van der Waals surface area contributed by atoms with Crippen LogP contribution in [0.4, 0.5) is 0 Å². The minimum Gasteiger partial charge on any atom is -0.480 e. The van der Waals surface area contributed by atoms with E-state index in [0.717, 1.165) is 4.90 Å². The number of nitrogens with one attached hydrogen (secondary N) is 1. The Morgan fingerprint density at radius 3 is 2.05 bits per heavy atom. The van der Waals surface area contributed by atoms with Crippen LogP contribution in [0.5, 0.6) is 0 Å². The SMILES string of the molecule is CC(C)(C)C(=O)NCC(=O)N(CC(N)=O)CC(=O)O. The molecule has 0 aliphatic rings. The molecule has 108 valence electrons. The normalized spacial score (nSPS) is 10.7. The molecule has 0 atom stereocenters. The molecule has 4 N–H and O–H groups in total. The van der Waals surface area contributed by atoms with Crippen LogP contribution in [0.15, 0.2) is 0 Å². The fraction of sp³-hybridized carbons (Fsp3) is 0.636. The van der Waals surface area contributed by atoms with Crippen LogP contribution >= 0.6 is 0 Å². The lowest BCUT2D eigenvalue weighted by Crippen LogP contribution is -2.47. The van der Waals surface area contributed by atoms with Crippen molar-refractivity contribution in [2.45, 2.75) is 20.8 Å². The Morgan fingerprint density at radius 2 is 1.68 bits per heavy atom. The van der Waals surface area contributed by atoms with Gasteiger partial charge in [-0.2, -0.15) is 0 Å². The summed E-state index contributed by atoms with van der Waals surface area (Å²) >= 11 is 0. The maximum atomic E-state index is 11.7. The molecule has 0 aromatic rings. The van der Waals surface area contributed by atoms with Gasteiger partial charge in [0.05, 0.1) is 13.1 Å².